The first kappa shape index (κ1) is 17.1. The van der Waals surface area contributed by atoms with Crippen LogP contribution in [0, 0.1) is 12.8 Å². The van der Waals surface area contributed by atoms with E-state index in [2.05, 4.69) is 0 Å². The van der Waals surface area contributed by atoms with E-state index in [1.54, 1.807) is 12.1 Å². The van der Waals surface area contributed by atoms with Crippen LogP contribution >= 0.6 is 0 Å². The maximum absolute atomic E-state index is 12.0. The van der Waals surface area contributed by atoms with Gasteiger partial charge < -0.3 is 5.11 Å². The summed E-state index contributed by atoms with van der Waals surface area (Å²) in [6.07, 6.45) is 8.39. The zero-order valence-corrected chi connectivity index (χ0v) is 14.7. The van der Waals surface area contributed by atoms with E-state index < -0.39 is 16.1 Å². The van der Waals surface area contributed by atoms with Crippen LogP contribution in [0.15, 0.2) is 12.1 Å². The molecule has 132 valence electrons. The molecule has 6 nitrogen and oxygen atoms in total. The van der Waals surface area contributed by atoms with Crippen molar-refractivity contribution in [2.45, 2.75) is 51.9 Å². The second kappa shape index (κ2) is 6.63. The molecular weight excluding hydrogens is 328 g/mol. The normalized spacial score (nSPS) is 21.0. The zero-order chi connectivity index (χ0) is 17.3. The molecule has 1 aliphatic heterocycles. The largest absolute Gasteiger partial charge is 0.506 e. The minimum absolute atomic E-state index is 0.117. The summed E-state index contributed by atoms with van der Waals surface area (Å²) in [5, 5.41) is 10.2. The average Bonchev–Trinajstić information content (AvgIpc) is 2.80. The van der Waals surface area contributed by atoms with Crippen LogP contribution in [0.3, 0.4) is 0 Å². The van der Waals surface area contributed by atoms with Gasteiger partial charge in [-0.1, -0.05) is 32.1 Å². The third-order valence-corrected chi connectivity index (χ3v) is 6.46. The summed E-state index contributed by atoms with van der Waals surface area (Å²) in [4.78, 5) is 11.4. The van der Waals surface area contributed by atoms with Crippen LogP contribution in [0.1, 0.15) is 49.7 Å². The molecule has 1 amide bonds. The molecule has 0 spiro atoms. The second-order valence-electron chi connectivity index (χ2n) is 6.85. The molecular formula is C17H24N2O4S. The highest BCUT2D eigenvalue weighted by molar-refractivity contribution is 7.92. The van der Waals surface area contributed by atoms with E-state index >= 15 is 0 Å². The number of anilines is 1. The summed E-state index contributed by atoms with van der Waals surface area (Å²) >= 11 is 0. The third-order valence-electron chi connectivity index (χ3n) is 5.07. The van der Waals surface area contributed by atoms with Crippen LogP contribution in [0.2, 0.25) is 0 Å². The van der Waals surface area contributed by atoms with Crippen molar-refractivity contribution in [1.29, 1.82) is 0 Å². The van der Waals surface area contributed by atoms with Crippen molar-refractivity contribution in [3.8, 4) is 5.75 Å². The van der Waals surface area contributed by atoms with Crippen LogP contribution in [0.4, 0.5) is 5.69 Å². The summed E-state index contributed by atoms with van der Waals surface area (Å²) in [7, 11) is -3.90. The van der Waals surface area contributed by atoms with Crippen LogP contribution in [-0.4, -0.2) is 26.0 Å². The Hall–Kier alpha value is -1.76. The number of nitrogens with one attached hydrogen (secondary N) is 1. The molecule has 1 saturated heterocycles. The fraction of sp³-hybridized carbons (Fsp3) is 0.588. The lowest BCUT2D eigenvalue weighted by atomic mass is 9.85. The van der Waals surface area contributed by atoms with E-state index in [4.69, 9.17) is 0 Å². The fourth-order valence-electron chi connectivity index (χ4n) is 3.69. The molecule has 24 heavy (non-hydrogen) atoms. The SMILES string of the molecule is Cc1cc(O)c(N2CC(=O)NS2(=O)=O)cc1CCC1CCCCC1. The molecule has 3 rings (SSSR count). The quantitative estimate of drug-likeness (QED) is 0.871. The van der Waals surface area contributed by atoms with Gasteiger partial charge in [0.2, 0.25) is 0 Å². The number of phenols is 1. The van der Waals surface area contributed by atoms with Crippen molar-refractivity contribution in [1.82, 2.24) is 4.72 Å². The first-order chi connectivity index (χ1) is 11.4. The molecule has 1 aromatic rings. The van der Waals surface area contributed by atoms with Crippen molar-refractivity contribution in [3.63, 3.8) is 0 Å². The minimum atomic E-state index is -3.90. The Morgan fingerprint density at radius 2 is 1.96 bits per heavy atom. The maximum atomic E-state index is 12.0. The summed E-state index contributed by atoms with van der Waals surface area (Å²) in [5.41, 5.74) is 2.16. The Kier molecular flexibility index (Phi) is 4.71. The van der Waals surface area contributed by atoms with Crippen molar-refractivity contribution >= 4 is 21.8 Å². The summed E-state index contributed by atoms with van der Waals surface area (Å²) in [6, 6.07) is 3.30. The summed E-state index contributed by atoms with van der Waals surface area (Å²) < 4.78 is 26.9. The fourth-order valence-corrected chi connectivity index (χ4v) is 4.85. The molecule has 7 heteroatoms. The zero-order valence-electron chi connectivity index (χ0n) is 13.9. The van der Waals surface area contributed by atoms with E-state index in [0.717, 1.165) is 34.2 Å². The predicted octanol–water partition coefficient (Wildman–Crippen LogP) is 2.39. The number of aromatic hydroxyl groups is 1. The first-order valence-corrected chi connectivity index (χ1v) is 9.96. The lowest BCUT2D eigenvalue weighted by Gasteiger charge is -2.22. The number of hydrogen-bond acceptors (Lipinski definition) is 4. The topological polar surface area (TPSA) is 86.7 Å². The number of carbonyl (C=O) groups is 1. The molecule has 1 heterocycles. The van der Waals surface area contributed by atoms with Crippen LogP contribution in [0.5, 0.6) is 5.75 Å². The molecule has 2 fully saturated rings. The van der Waals surface area contributed by atoms with Crippen molar-refractivity contribution in [2.24, 2.45) is 5.92 Å². The smallest absolute Gasteiger partial charge is 0.326 e. The first-order valence-electron chi connectivity index (χ1n) is 8.52. The van der Waals surface area contributed by atoms with Gasteiger partial charge in [0.25, 0.3) is 5.91 Å². The summed E-state index contributed by atoms with van der Waals surface area (Å²) in [6.45, 7) is 1.63. The van der Waals surface area contributed by atoms with Crippen LogP contribution in [-0.2, 0) is 21.4 Å². The van der Waals surface area contributed by atoms with E-state index in [-0.39, 0.29) is 18.0 Å². The molecule has 0 radical (unpaired) electrons. The van der Waals surface area contributed by atoms with E-state index in [9.17, 15) is 18.3 Å². The van der Waals surface area contributed by atoms with Gasteiger partial charge in [-0.05, 0) is 48.9 Å². The minimum Gasteiger partial charge on any atom is -0.506 e. The molecule has 2 N–H and O–H groups in total. The standard InChI is InChI=1S/C17H24N2O4S/c1-12-9-16(20)15(19-11-17(21)18-24(19,22)23)10-14(12)8-7-13-5-3-2-4-6-13/h9-10,13,20H,2-8,11H2,1H3,(H,18,21). The third kappa shape index (κ3) is 3.50. The van der Waals surface area contributed by atoms with Gasteiger partial charge in [-0.25, -0.2) is 9.03 Å². The van der Waals surface area contributed by atoms with Gasteiger partial charge in [0.1, 0.15) is 12.3 Å². The van der Waals surface area contributed by atoms with Crippen LogP contribution in [0.25, 0.3) is 0 Å². The number of benzene rings is 1. The van der Waals surface area contributed by atoms with E-state index in [1.165, 1.54) is 32.1 Å². The number of hydrogen-bond donors (Lipinski definition) is 2. The monoisotopic (exact) mass is 352 g/mol. The highest BCUT2D eigenvalue weighted by Gasteiger charge is 2.35. The van der Waals surface area contributed by atoms with Gasteiger partial charge in [-0.3, -0.25) is 4.79 Å². The number of phenolic OH excluding ortho intramolecular Hbond substituents is 1. The Bertz CT molecular complexity index is 739. The van der Waals surface area contributed by atoms with Crippen molar-refractivity contribution in [2.75, 3.05) is 10.8 Å². The van der Waals surface area contributed by atoms with Crippen molar-refractivity contribution < 1.29 is 18.3 Å². The Labute approximate surface area is 143 Å². The molecule has 0 unspecified atom stereocenters. The van der Waals surface area contributed by atoms with E-state index in [0.29, 0.717) is 0 Å². The number of nitrogens with zero attached hydrogens (tertiary/aromatic N) is 1. The molecule has 1 aliphatic carbocycles. The second-order valence-corrected chi connectivity index (χ2v) is 8.44. The number of amides is 1. The van der Waals surface area contributed by atoms with Gasteiger partial charge in [-0.2, -0.15) is 8.42 Å². The van der Waals surface area contributed by atoms with Gasteiger partial charge in [0, 0.05) is 0 Å². The Balaban J connectivity index is 1.82. The van der Waals surface area contributed by atoms with E-state index in [1.807, 2.05) is 11.6 Å². The number of aryl methyl sites for hydroxylation is 2. The summed E-state index contributed by atoms with van der Waals surface area (Å²) in [5.74, 6) is 0.0295. The highest BCUT2D eigenvalue weighted by Crippen LogP contribution is 2.35. The predicted molar refractivity (Wildman–Crippen MR) is 92.1 cm³/mol. The van der Waals surface area contributed by atoms with Crippen molar-refractivity contribution in [3.05, 3.63) is 23.3 Å². The Morgan fingerprint density at radius 1 is 1.25 bits per heavy atom. The Morgan fingerprint density at radius 3 is 2.58 bits per heavy atom. The molecule has 2 aliphatic rings. The van der Waals surface area contributed by atoms with Gasteiger partial charge in [0.15, 0.2) is 0 Å². The van der Waals surface area contributed by atoms with Crippen LogP contribution < -0.4 is 9.03 Å². The van der Waals surface area contributed by atoms with Gasteiger partial charge in [-0.15, -0.1) is 0 Å². The highest BCUT2D eigenvalue weighted by atomic mass is 32.2. The molecule has 0 aromatic heterocycles. The van der Waals surface area contributed by atoms with Gasteiger partial charge >= 0.3 is 10.2 Å². The number of carbonyl (C=O) groups excluding carboxylic acids is 1. The molecule has 0 bridgehead atoms. The van der Waals surface area contributed by atoms with Gasteiger partial charge in [0.05, 0.1) is 5.69 Å². The molecule has 1 aromatic carbocycles. The lowest BCUT2D eigenvalue weighted by Crippen LogP contribution is -2.29. The molecule has 1 saturated carbocycles. The average molecular weight is 352 g/mol. The molecule has 0 atom stereocenters. The lowest BCUT2D eigenvalue weighted by molar-refractivity contribution is -0.117. The number of rotatable bonds is 4. The maximum Gasteiger partial charge on any atom is 0.326 e.